The molecular formula is C16H22FN3O2. The summed E-state index contributed by atoms with van der Waals surface area (Å²) in [6, 6.07) is 6.95. The van der Waals surface area contributed by atoms with Crippen molar-refractivity contribution in [1.29, 1.82) is 0 Å². The summed E-state index contributed by atoms with van der Waals surface area (Å²) in [4.78, 5) is 25.0. The number of hydrogen-bond acceptors (Lipinski definition) is 3. The van der Waals surface area contributed by atoms with Crippen LogP contribution in [0.4, 0.5) is 15.8 Å². The maximum Gasteiger partial charge on any atom is 0.238 e. The number of amides is 2. The number of alkyl halides is 1. The molecule has 1 fully saturated rings. The standard InChI is InChI=1S/C16H22FN3O2/c1-12(21)18-14-4-6-15(7-5-14)19-16(22)11-20-8-2-3-13(9-17)10-20/h4-7,13H,2-3,8-11H2,1H3,(H,18,21)(H,19,22). The lowest BCUT2D eigenvalue weighted by molar-refractivity contribution is -0.118. The molecule has 5 nitrogen and oxygen atoms in total. The number of carbonyl (C=O) groups is 2. The van der Waals surface area contributed by atoms with E-state index in [0.717, 1.165) is 19.4 Å². The Morgan fingerprint density at radius 1 is 1.23 bits per heavy atom. The molecule has 0 spiro atoms. The van der Waals surface area contributed by atoms with Crippen molar-refractivity contribution in [2.45, 2.75) is 19.8 Å². The number of nitrogens with one attached hydrogen (secondary N) is 2. The van der Waals surface area contributed by atoms with Crippen LogP contribution >= 0.6 is 0 Å². The van der Waals surface area contributed by atoms with Crippen LogP contribution in [0.5, 0.6) is 0 Å². The van der Waals surface area contributed by atoms with Crippen molar-refractivity contribution in [2.75, 3.05) is 36.9 Å². The van der Waals surface area contributed by atoms with Gasteiger partial charge in [0.2, 0.25) is 11.8 Å². The number of anilines is 2. The molecule has 1 atom stereocenters. The quantitative estimate of drug-likeness (QED) is 0.877. The van der Waals surface area contributed by atoms with Gasteiger partial charge in [0.25, 0.3) is 0 Å². The van der Waals surface area contributed by atoms with E-state index in [2.05, 4.69) is 10.6 Å². The van der Waals surface area contributed by atoms with Gasteiger partial charge in [-0.15, -0.1) is 0 Å². The highest BCUT2D eigenvalue weighted by Gasteiger charge is 2.21. The molecule has 1 aromatic carbocycles. The molecule has 2 N–H and O–H groups in total. The minimum Gasteiger partial charge on any atom is -0.326 e. The molecule has 120 valence electrons. The molecule has 2 amide bonds. The van der Waals surface area contributed by atoms with Gasteiger partial charge in [0.05, 0.1) is 13.2 Å². The van der Waals surface area contributed by atoms with Gasteiger partial charge in [-0.2, -0.15) is 0 Å². The Hall–Kier alpha value is -1.95. The molecular weight excluding hydrogens is 285 g/mol. The Bertz CT molecular complexity index is 519. The lowest BCUT2D eigenvalue weighted by Gasteiger charge is -2.30. The largest absolute Gasteiger partial charge is 0.326 e. The van der Waals surface area contributed by atoms with Gasteiger partial charge < -0.3 is 10.6 Å². The van der Waals surface area contributed by atoms with Crippen LogP contribution < -0.4 is 10.6 Å². The normalized spacial score (nSPS) is 18.7. The van der Waals surface area contributed by atoms with Crippen LogP contribution in [-0.4, -0.2) is 43.0 Å². The van der Waals surface area contributed by atoms with E-state index in [1.165, 1.54) is 6.92 Å². The van der Waals surface area contributed by atoms with Crippen LogP contribution in [0, 0.1) is 5.92 Å². The summed E-state index contributed by atoms with van der Waals surface area (Å²) in [5.74, 6) is -0.186. The molecule has 0 saturated carbocycles. The second-order valence-corrected chi connectivity index (χ2v) is 5.70. The molecule has 22 heavy (non-hydrogen) atoms. The Morgan fingerprint density at radius 3 is 2.45 bits per heavy atom. The lowest BCUT2D eigenvalue weighted by Crippen LogP contribution is -2.41. The number of hydrogen-bond donors (Lipinski definition) is 2. The van der Waals surface area contributed by atoms with E-state index in [1.807, 2.05) is 4.90 Å². The van der Waals surface area contributed by atoms with Crippen molar-refractivity contribution in [3.8, 4) is 0 Å². The Balaban J connectivity index is 1.82. The van der Waals surface area contributed by atoms with Gasteiger partial charge in [-0.25, -0.2) is 0 Å². The van der Waals surface area contributed by atoms with Crippen molar-refractivity contribution >= 4 is 23.2 Å². The van der Waals surface area contributed by atoms with Gasteiger partial charge in [-0.1, -0.05) is 0 Å². The molecule has 0 radical (unpaired) electrons. The predicted molar refractivity (Wildman–Crippen MR) is 84.5 cm³/mol. The van der Waals surface area contributed by atoms with Crippen LogP contribution in [0.25, 0.3) is 0 Å². The van der Waals surface area contributed by atoms with Crippen molar-refractivity contribution in [3.63, 3.8) is 0 Å². The first-order valence-corrected chi connectivity index (χ1v) is 7.52. The van der Waals surface area contributed by atoms with Gasteiger partial charge >= 0.3 is 0 Å². The van der Waals surface area contributed by atoms with E-state index in [-0.39, 0.29) is 31.0 Å². The number of rotatable bonds is 5. The van der Waals surface area contributed by atoms with E-state index in [9.17, 15) is 14.0 Å². The maximum absolute atomic E-state index is 12.7. The zero-order valence-electron chi connectivity index (χ0n) is 12.8. The summed E-state index contributed by atoms with van der Waals surface area (Å²) in [5, 5.41) is 5.48. The van der Waals surface area contributed by atoms with Crippen molar-refractivity contribution in [1.82, 2.24) is 4.90 Å². The number of halogens is 1. The van der Waals surface area contributed by atoms with Gasteiger partial charge in [-0.05, 0) is 43.7 Å². The molecule has 1 heterocycles. The van der Waals surface area contributed by atoms with Crippen molar-refractivity contribution in [2.24, 2.45) is 5.92 Å². The second kappa shape index (κ2) is 7.89. The van der Waals surface area contributed by atoms with Crippen LogP contribution in [0.1, 0.15) is 19.8 Å². The summed E-state index contributed by atoms with van der Waals surface area (Å²) < 4.78 is 12.7. The molecule has 1 saturated heterocycles. The van der Waals surface area contributed by atoms with E-state index in [0.29, 0.717) is 17.9 Å². The summed E-state index contributed by atoms with van der Waals surface area (Å²) in [5.41, 5.74) is 1.37. The first-order valence-electron chi connectivity index (χ1n) is 7.52. The SMILES string of the molecule is CC(=O)Nc1ccc(NC(=O)CN2CCCC(CF)C2)cc1. The zero-order chi connectivity index (χ0) is 15.9. The fourth-order valence-electron chi connectivity index (χ4n) is 2.66. The highest BCUT2D eigenvalue weighted by Crippen LogP contribution is 2.17. The Kier molecular flexibility index (Phi) is 5.89. The summed E-state index contributed by atoms with van der Waals surface area (Å²) in [6.45, 7) is 2.89. The zero-order valence-corrected chi connectivity index (χ0v) is 12.8. The van der Waals surface area contributed by atoms with E-state index in [4.69, 9.17) is 0 Å². The first kappa shape index (κ1) is 16.4. The highest BCUT2D eigenvalue weighted by atomic mass is 19.1. The number of likely N-dealkylation sites (tertiary alicyclic amines) is 1. The fourth-order valence-corrected chi connectivity index (χ4v) is 2.66. The maximum atomic E-state index is 12.7. The van der Waals surface area contributed by atoms with Crippen LogP contribution in [0.2, 0.25) is 0 Å². The smallest absolute Gasteiger partial charge is 0.238 e. The molecule has 2 rings (SSSR count). The molecule has 1 aromatic rings. The molecule has 0 aliphatic carbocycles. The second-order valence-electron chi connectivity index (χ2n) is 5.70. The lowest BCUT2D eigenvalue weighted by atomic mass is 9.99. The monoisotopic (exact) mass is 307 g/mol. The van der Waals surface area contributed by atoms with Gasteiger partial charge in [0.15, 0.2) is 0 Å². The minimum atomic E-state index is -0.317. The fraction of sp³-hybridized carbons (Fsp3) is 0.500. The van der Waals surface area contributed by atoms with Crippen LogP contribution in [0.3, 0.4) is 0 Å². The average Bonchev–Trinajstić information content (AvgIpc) is 2.49. The molecule has 1 aliphatic heterocycles. The van der Waals surface area contributed by atoms with Gasteiger partial charge in [-0.3, -0.25) is 18.9 Å². The van der Waals surface area contributed by atoms with E-state index < -0.39 is 0 Å². The minimum absolute atomic E-state index is 0.0542. The third kappa shape index (κ3) is 5.11. The average molecular weight is 307 g/mol. The number of benzene rings is 1. The number of nitrogens with zero attached hydrogens (tertiary/aromatic N) is 1. The molecule has 1 unspecified atom stereocenters. The van der Waals surface area contributed by atoms with Gasteiger partial charge in [0.1, 0.15) is 0 Å². The number of piperidine rings is 1. The van der Waals surface area contributed by atoms with E-state index in [1.54, 1.807) is 24.3 Å². The highest BCUT2D eigenvalue weighted by molar-refractivity contribution is 5.93. The van der Waals surface area contributed by atoms with Crippen molar-refractivity contribution in [3.05, 3.63) is 24.3 Å². The molecule has 6 heteroatoms. The summed E-state index contributed by atoms with van der Waals surface area (Å²) >= 11 is 0. The molecule has 0 aromatic heterocycles. The first-order chi connectivity index (χ1) is 10.6. The van der Waals surface area contributed by atoms with Crippen LogP contribution in [0.15, 0.2) is 24.3 Å². The molecule has 0 bridgehead atoms. The third-order valence-electron chi connectivity index (χ3n) is 3.68. The van der Waals surface area contributed by atoms with Gasteiger partial charge in [0, 0.05) is 30.8 Å². The van der Waals surface area contributed by atoms with Crippen LogP contribution in [-0.2, 0) is 9.59 Å². The Labute approximate surface area is 129 Å². The van der Waals surface area contributed by atoms with E-state index >= 15 is 0 Å². The van der Waals surface area contributed by atoms with Crippen molar-refractivity contribution < 1.29 is 14.0 Å². The summed E-state index contributed by atoms with van der Waals surface area (Å²) in [6.07, 6.45) is 1.84. The molecule has 1 aliphatic rings. The predicted octanol–water partition coefficient (Wildman–Crippen LogP) is 2.27. The summed E-state index contributed by atoms with van der Waals surface area (Å²) in [7, 11) is 0. The third-order valence-corrected chi connectivity index (χ3v) is 3.68. The Morgan fingerprint density at radius 2 is 1.86 bits per heavy atom. The topological polar surface area (TPSA) is 61.4 Å². The number of carbonyl (C=O) groups excluding carboxylic acids is 2.